The summed E-state index contributed by atoms with van der Waals surface area (Å²) in [6, 6.07) is 19.9. The van der Waals surface area contributed by atoms with Gasteiger partial charge in [-0.05, 0) is 78.6 Å². The van der Waals surface area contributed by atoms with Crippen LogP contribution in [0.5, 0.6) is 17.2 Å². The molecular formula is C26H22ClNO4. The van der Waals surface area contributed by atoms with Crippen LogP contribution >= 0.6 is 11.6 Å². The maximum absolute atomic E-state index is 12.3. The van der Waals surface area contributed by atoms with E-state index in [9.17, 15) is 10.1 Å². The Morgan fingerprint density at radius 2 is 1.75 bits per heavy atom. The van der Waals surface area contributed by atoms with Gasteiger partial charge < -0.3 is 14.2 Å². The first-order valence-electron chi connectivity index (χ1n) is 9.86. The van der Waals surface area contributed by atoms with E-state index in [1.807, 2.05) is 32.0 Å². The number of aryl methyl sites for hydroxylation is 2. The average Bonchev–Trinajstić information content (AvgIpc) is 2.79. The Kier molecular flexibility index (Phi) is 7.54. The van der Waals surface area contributed by atoms with Gasteiger partial charge in [-0.25, -0.2) is 4.79 Å². The lowest BCUT2D eigenvalue weighted by Crippen LogP contribution is -2.18. The maximum atomic E-state index is 12.3. The number of esters is 1. The van der Waals surface area contributed by atoms with E-state index < -0.39 is 5.97 Å². The van der Waals surface area contributed by atoms with Crippen molar-refractivity contribution >= 4 is 29.2 Å². The highest BCUT2D eigenvalue weighted by Gasteiger charge is 2.12. The van der Waals surface area contributed by atoms with E-state index in [1.165, 1.54) is 7.11 Å². The number of rotatable bonds is 7. The summed E-state index contributed by atoms with van der Waals surface area (Å²) in [5.41, 5.74) is 4.16. The molecule has 0 amide bonds. The number of halogens is 1. The molecule has 6 heteroatoms. The molecule has 0 heterocycles. The van der Waals surface area contributed by atoms with Gasteiger partial charge in [0.15, 0.2) is 18.1 Å². The van der Waals surface area contributed by atoms with Crippen molar-refractivity contribution in [3.05, 3.63) is 87.9 Å². The first-order chi connectivity index (χ1) is 15.4. The minimum absolute atomic E-state index is 0.234. The van der Waals surface area contributed by atoms with Crippen LogP contribution in [0.4, 0.5) is 0 Å². The van der Waals surface area contributed by atoms with Gasteiger partial charge in [-0.2, -0.15) is 5.26 Å². The zero-order valence-electron chi connectivity index (χ0n) is 18.0. The highest BCUT2D eigenvalue weighted by Crippen LogP contribution is 2.30. The van der Waals surface area contributed by atoms with Crippen molar-refractivity contribution in [2.45, 2.75) is 13.8 Å². The van der Waals surface area contributed by atoms with E-state index >= 15 is 0 Å². The van der Waals surface area contributed by atoms with E-state index in [-0.39, 0.29) is 12.4 Å². The molecule has 0 aliphatic heterocycles. The van der Waals surface area contributed by atoms with Crippen molar-refractivity contribution in [3.8, 4) is 23.3 Å². The molecule has 0 spiro atoms. The van der Waals surface area contributed by atoms with E-state index in [1.54, 1.807) is 48.5 Å². The molecule has 3 aromatic carbocycles. The summed E-state index contributed by atoms with van der Waals surface area (Å²) in [4.78, 5) is 12.3. The lowest BCUT2D eigenvalue weighted by molar-refractivity contribution is -0.136. The molecule has 3 rings (SSSR count). The number of hydrogen-bond acceptors (Lipinski definition) is 5. The van der Waals surface area contributed by atoms with Crippen molar-refractivity contribution in [1.82, 2.24) is 0 Å². The molecule has 5 nitrogen and oxygen atoms in total. The third kappa shape index (κ3) is 5.90. The van der Waals surface area contributed by atoms with Gasteiger partial charge in [0.05, 0.1) is 18.8 Å². The van der Waals surface area contributed by atoms with Gasteiger partial charge in [0, 0.05) is 5.02 Å². The fourth-order valence-electron chi connectivity index (χ4n) is 2.93. The molecule has 3 aromatic rings. The molecule has 162 valence electrons. The Bertz CT molecular complexity index is 1190. The molecule has 0 radical (unpaired) electrons. The van der Waals surface area contributed by atoms with Crippen molar-refractivity contribution in [1.29, 1.82) is 5.26 Å². The zero-order valence-corrected chi connectivity index (χ0v) is 18.8. The van der Waals surface area contributed by atoms with Crippen molar-refractivity contribution in [2.75, 3.05) is 13.7 Å². The van der Waals surface area contributed by atoms with Crippen molar-refractivity contribution in [3.63, 3.8) is 0 Å². The van der Waals surface area contributed by atoms with E-state index in [2.05, 4.69) is 6.07 Å². The van der Waals surface area contributed by atoms with Gasteiger partial charge in [0.2, 0.25) is 0 Å². The Hall–Kier alpha value is -3.75. The summed E-state index contributed by atoms with van der Waals surface area (Å²) in [6.07, 6.45) is 1.72. The smallest absolute Gasteiger partial charge is 0.349 e. The van der Waals surface area contributed by atoms with E-state index in [0.29, 0.717) is 22.1 Å². The largest absolute Gasteiger partial charge is 0.493 e. The number of methoxy groups -OCH3 is 1. The normalized spacial score (nSPS) is 10.9. The summed E-state index contributed by atoms with van der Waals surface area (Å²) in [6.45, 7) is 3.75. The second-order valence-corrected chi connectivity index (χ2v) is 7.53. The predicted molar refractivity (Wildman–Crippen MR) is 125 cm³/mol. The summed E-state index contributed by atoms with van der Waals surface area (Å²) < 4.78 is 16.3. The SMILES string of the molecule is COc1cc(/C=C(\C#N)c2ccc(Cl)cc2)ccc1OC(=O)COc1ccc(C)c(C)c1. The molecule has 0 aromatic heterocycles. The van der Waals surface area contributed by atoms with Crippen LogP contribution in [0.1, 0.15) is 22.3 Å². The molecule has 0 atom stereocenters. The lowest BCUT2D eigenvalue weighted by atomic mass is 10.0. The Morgan fingerprint density at radius 1 is 1.00 bits per heavy atom. The molecule has 0 aliphatic carbocycles. The summed E-state index contributed by atoms with van der Waals surface area (Å²) in [5.74, 6) is 0.683. The molecule has 0 unspecified atom stereocenters. The van der Waals surface area contributed by atoms with Crippen LogP contribution in [0.15, 0.2) is 60.7 Å². The van der Waals surface area contributed by atoms with Crippen LogP contribution in [0.3, 0.4) is 0 Å². The van der Waals surface area contributed by atoms with Crippen molar-refractivity contribution in [2.24, 2.45) is 0 Å². The monoisotopic (exact) mass is 447 g/mol. The molecule has 0 saturated carbocycles. The van der Waals surface area contributed by atoms with Gasteiger partial charge in [-0.1, -0.05) is 35.9 Å². The molecule has 0 saturated heterocycles. The second-order valence-electron chi connectivity index (χ2n) is 7.10. The van der Waals surface area contributed by atoms with Gasteiger partial charge >= 0.3 is 5.97 Å². The number of allylic oxidation sites excluding steroid dienone is 1. The summed E-state index contributed by atoms with van der Waals surface area (Å²) in [7, 11) is 1.48. The maximum Gasteiger partial charge on any atom is 0.349 e. The fourth-order valence-corrected chi connectivity index (χ4v) is 3.06. The lowest BCUT2D eigenvalue weighted by Gasteiger charge is -2.11. The predicted octanol–water partition coefficient (Wildman–Crippen LogP) is 6.01. The number of carbonyl (C=O) groups excluding carboxylic acids is 1. The van der Waals surface area contributed by atoms with Gasteiger partial charge in [0.25, 0.3) is 0 Å². The number of nitrogens with zero attached hydrogens (tertiary/aromatic N) is 1. The molecule has 0 bridgehead atoms. The van der Waals surface area contributed by atoms with Crippen LogP contribution in [0.25, 0.3) is 11.6 Å². The second kappa shape index (κ2) is 10.5. The van der Waals surface area contributed by atoms with Gasteiger partial charge in [-0.15, -0.1) is 0 Å². The molecule has 0 N–H and O–H groups in total. The van der Waals surface area contributed by atoms with E-state index in [0.717, 1.165) is 22.3 Å². The minimum atomic E-state index is -0.552. The van der Waals surface area contributed by atoms with E-state index in [4.69, 9.17) is 25.8 Å². The van der Waals surface area contributed by atoms with Crippen LogP contribution in [-0.2, 0) is 4.79 Å². The minimum Gasteiger partial charge on any atom is -0.493 e. The molecule has 0 fully saturated rings. The highest BCUT2D eigenvalue weighted by atomic mass is 35.5. The Balaban J connectivity index is 1.71. The number of ether oxygens (including phenoxy) is 3. The van der Waals surface area contributed by atoms with Crippen molar-refractivity contribution < 1.29 is 19.0 Å². The number of hydrogen-bond donors (Lipinski definition) is 0. The third-order valence-electron chi connectivity index (χ3n) is 4.83. The molecule has 32 heavy (non-hydrogen) atoms. The van der Waals surface area contributed by atoms with Crippen LogP contribution in [0.2, 0.25) is 5.02 Å². The highest BCUT2D eigenvalue weighted by molar-refractivity contribution is 6.30. The quantitative estimate of drug-likeness (QED) is 0.192. The molecular weight excluding hydrogens is 426 g/mol. The number of nitriles is 1. The standard InChI is InChI=1S/C26H22ClNO4/c1-17-4-10-23(12-18(17)2)31-16-26(29)32-24-11-5-19(14-25(24)30-3)13-21(15-28)20-6-8-22(27)9-7-20/h4-14H,16H2,1-3H3/b21-13+. The van der Waals surface area contributed by atoms with Gasteiger partial charge in [-0.3, -0.25) is 0 Å². The molecule has 0 aliphatic rings. The third-order valence-corrected chi connectivity index (χ3v) is 5.09. The van der Waals surface area contributed by atoms with Crippen LogP contribution < -0.4 is 14.2 Å². The topological polar surface area (TPSA) is 68.5 Å². The van der Waals surface area contributed by atoms with Gasteiger partial charge in [0.1, 0.15) is 5.75 Å². The first kappa shape index (κ1) is 22.9. The Morgan fingerprint density at radius 3 is 2.41 bits per heavy atom. The van der Waals surface area contributed by atoms with Crippen LogP contribution in [0, 0.1) is 25.2 Å². The van der Waals surface area contributed by atoms with Crippen LogP contribution in [-0.4, -0.2) is 19.7 Å². The summed E-state index contributed by atoms with van der Waals surface area (Å²) >= 11 is 5.92. The number of benzene rings is 3. The first-order valence-corrected chi connectivity index (χ1v) is 10.2. The average molecular weight is 448 g/mol. The fraction of sp³-hybridized carbons (Fsp3) is 0.154. The zero-order chi connectivity index (χ0) is 23.1. The Labute approximate surface area is 192 Å². The number of carbonyl (C=O) groups is 1. The summed E-state index contributed by atoms with van der Waals surface area (Å²) in [5, 5.41) is 10.1.